The first-order chi connectivity index (χ1) is 14.3. The molecular weight excluding hydrogens is 427 g/mol. The Morgan fingerprint density at radius 3 is 2.50 bits per heavy atom. The molecule has 3 aromatic heterocycles. The van der Waals surface area contributed by atoms with Gasteiger partial charge in [-0.25, -0.2) is 0 Å². The quantitative estimate of drug-likeness (QED) is 0.142. The Labute approximate surface area is 178 Å². The minimum absolute atomic E-state index is 1.11. The molecule has 0 amide bonds. The number of fused-ring (bicyclic) bond motifs is 5. The molecule has 0 radical (unpaired) electrons. The van der Waals surface area contributed by atoms with Crippen LogP contribution in [0.3, 0.4) is 0 Å². The molecule has 0 unspecified atom stereocenters. The molecule has 0 spiro atoms. The van der Waals surface area contributed by atoms with Gasteiger partial charge in [0.2, 0.25) is 0 Å². The van der Waals surface area contributed by atoms with E-state index in [1.165, 1.54) is 59.1 Å². The SMILES string of the molecule is Cc1cc2cccc3c2c(c1C)c1c2c(nc[n+]1C)c1cc[c]([Ge]([CH3])([CH3])[CH3])cc1n32. The van der Waals surface area contributed by atoms with Crippen LogP contribution in [0.1, 0.15) is 11.1 Å². The first-order valence-electron chi connectivity index (χ1n) is 10.6. The van der Waals surface area contributed by atoms with Gasteiger partial charge in [0, 0.05) is 0 Å². The number of hydrogen-bond acceptors (Lipinski definition) is 1. The van der Waals surface area contributed by atoms with Crippen LogP contribution in [0.4, 0.5) is 0 Å². The topological polar surface area (TPSA) is 21.2 Å². The monoisotopic (exact) mass is 454 g/mol. The maximum absolute atomic E-state index is 4.91. The van der Waals surface area contributed by atoms with Crippen LogP contribution in [0.5, 0.6) is 0 Å². The second kappa shape index (κ2) is 5.73. The molecule has 3 nitrogen and oxygen atoms in total. The zero-order valence-electron chi connectivity index (χ0n) is 18.5. The number of pyridine rings is 1. The summed E-state index contributed by atoms with van der Waals surface area (Å²) in [6.45, 7) is 4.49. The molecular formula is C26H26GeN3+. The van der Waals surface area contributed by atoms with E-state index < -0.39 is 13.3 Å². The molecule has 0 saturated heterocycles. The zero-order chi connectivity index (χ0) is 20.9. The van der Waals surface area contributed by atoms with Gasteiger partial charge in [0.15, 0.2) is 0 Å². The van der Waals surface area contributed by atoms with Crippen molar-refractivity contribution in [2.24, 2.45) is 7.05 Å². The summed E-state index contributed by atoms with van der Waals surface area (Å²) in [5.74, 6) is 7.39. The van der Waals surface area contributed by atoms with Crippen LogP contribution in [0.2, 0.25) is 17.3 Å². The van der Waals surface area contributed by atoms with Crippen LogP contribution >= 0.6 is 0 Å². The van der Waals surface area contributed by atoms with Crippen molar-refractivity contribution in [3.8, 4) is 0 Å². The summed E-state index contributed by atoms with van der Waals surface area (Å²) in [6.07, 6.45) is 1.98. The zero-order valence-corrected chi connectivity index (χ0v) is 20.6. The Morgan fingerprint density at radius 1 is 0.933 bits per heavy atom. The Bertz CT molecular complexity index is 1650. The third-order valence-electron chi connectivity index (χ3n) is 6.89. The van der Waals surface area contributed by atoms with E-state index in [1.807, 2.05) is 6.33 Å². The summed E-state index contributed by atoms with van der Waals surface area (Å²) in [6, 6.07) is 16.2. The summed E-state index contributed by atoms with van der Waals surface area (Å²) < 4.78 is 6.22. The molecule has 0 fully saturated rings. The van der Waals surface area contributed by atoms with E-state index in [0.717, 1.165) is 5.52 Å². The van der Waals surface area contributed by atoms with Crippen molar-refractivity contribution in [3.63, 3.8) is 0 Å². The Balaban J connectivity index is 2.03. The van der Waals surface area contributed by atoms with Crippen LogP contribution in [0.25, 0.3) is 49.1 Å². The average Bonchev–Trinajstić information content (AvgIpc) is 3.03. The van der Waals surface area contributed by atoms with Crippen molar-refractivity contribution in [1.82, 2.24) is 9.38 Å². The third-order valence-corrected chi connectivity index (χ3v) is 11.2. The fraction of sp³-hybridized carbons (Fsp3) is 0.231. The number of nitrogens with zero attached hydrogens (tertiary/aromatic N) is 3. The molecule has 0 aliphatic rings. The first-order valence-corrected chi connectivity index (χ1v) is 18.0. The summed E-state index contributed by atoms with van der Waals surface area (Å²) in [4.78, 5) is 4.91. The molecule has 0 atom stereocenters. The second-order valence-electron chi connectivity index (χ2n) is 9.79. The molecule has 3 heterocycles. The fourth-order valence-electron chi connectivity index (χ4n) is 5.16. The standard InChI is InChI=1S/C26H26GeN3/c1-15-12-17-8-7-9-20-23(17)22(16(15)2)25-26-24(28-14-29(25)6)19-11-10-18(27(3,4)5)13-21(19)30(20)26/h7-14H,1-6H3/q+1. The average molecular weight is 453 g/mol. The van der Waals surface area contributed by atoms with Gasteiger partial charge < -0.3 is 0 Å². The van der Waals surface area contributed by atoms with Gasteiger partial charge in [-0.15, -0.1) is 0 Å². The second-order valence-corrected chi connectivity index (χ2v) is 20.4. The molecule has 148 valence electrons. The van der Waals surface area contributed by atoms with Crippen molar-refractivity contribution >= 4 is 66.8 Å². The van der Waals surface area contributed by atoms with E-state index in [1.54, 1.807) is 0 Å². The molecule has 30 heavy (non-hydrogen) atoms. The molecule has 0 saturated carbocycles. The van der Waals surface area contributed by atoms with E-state index in [2.05, 4.69) is 89.6 Å². The van der Waals surface area contributed by atoms with Crippen molar-refractivity contribution in [2.75, 3.05) is 0 Å². The van der Waals surface area contributed by atoms with Gasteiger partial charge in [0.25, 0.3) is 0 Å². The van der Waals surface area contributed by atoms with Crippen LogP contribution in [0, 0.1) is 13.8 Å². The predicted octanol–water partition coefficient (Wildman–Crippen LogP) is 5.37. The van der Waals surface area contributed by atoms with Crippen molar-refractivity contribution in [1.29, 1.82) is 0 Å². The summed E-state index contributed by atoms with van der Waals surface area (Å²) in [7, 11) is 2.13. The van der Waals surface area contributed by atoms with Crippen molar-refractivity contribution in [2.45, 2.75) is 31.1 Å². The van der Waals surface area contributed by atoms with E-state index in [4.69, 9.17) is 4.98 Å². The van der Waals surface area contributed by atoms with Crippen LogP contribution in [0.15, 0.2) is 48.8 Å². The van der Waals surface area contributed by atoms with E-state index in [-0.39, 0.29) is 0 Å². The minimum atomic E-state index is -1.97. The Kier molecular flexibility index (Phi) is 3.46. The van der Waals surface area contributed by atoms with Gasteiger partial charge in [-0.1, -0.05) is 0 Å². The van der Waals surface area contributed by atoms with Gasteiger partial charge in [0.05, 0.1) is 0 Å². The van der Waals surface area contributed by atoms with E-state index >= 15 is 0 Å². The number of aryl methyl sites for hydroxylation is 3. The Hall–Kier alpha value is -2.66. The van der Waals surface area contributed by atoms with Gasteiger partial charge >= 0.3 is 179 Å². The van der Waals surface area contributed by atoms with E-state index in [0.29, 0.717) is 0 Å². The summed E-state index contributed by atoms with van der Waals surface area (Å²) >= 11 is -1.97. The van der Waals surface area contributed by atoms with Crippen molar-refractivity contribution < 1.29 is 4.57 Å². The Morgan fingerprint density at radius 2 is 1.73 bits per heavy atom. The normalized spacial score (nSPS) is 13.0. The summed E-state index contributed by atoms with van der Waals surface area (Å²) in [5, 5.41) is 5.28. The molecule has 0 aliphatic heterocycles. The predicted molar refractivity (Wildman–Crippen MR) is 130 cm³/mol. The first kappa shape index (κ1) is 18.1. The molecule has 6 aromatic rings. The molecule has 3 aromatic carbocycles. The van der Waals surface area contributed by atoms with Gasteiger partial charge in [0.1, 0.15) is 0 Å². The number of hydrogen-bond donors (Lipinski definition) is 0. The maximum atomic E-state index is 4.91. The number of rotatable bonds is 1. The van der Waals surface area contributed by atoms with Crippen LogP contribution in [-0.4, -0.2) is 22.7 Å². The summed E-state index contributed by atoms with van der Waals surface area (Å²) in [5.41, 5.74) is 8.90. The van der Waals surface area contributed by atoms with E-state index in [9.17, 15) is 0 Å². The third kappa shape index (κ3) is 2.16. The molecule has 0 aliphatic carbocycles. The van der Waals surface area contributed by atoms with Gasteiger partial charge in [-0.2, -0.15) is 0 Å². The molecule has 6 rings (SSSR count). The van der Waals surface area contributed by atoms with Gasteiger partial charge in [-0.3, -0.25) is 0 Å². The number of benzene rings is 3. The molecule has 4 heteroatoms. The molecule has 0 bridgehead atoms. The number of aromatic nitrogens is 3. The molecule has 0 N–H and O–H groups in total. The van der Waals surface area contributed by atoms with Crippen LogP contribution < -0.4 is 8.96 Å². The fourth-order valence-corrected chi connectivity index (χ4v) is 7.58. The van der Waals surface area contributed by atoms with Crippen molar-refractivity contribution in [3.05, 3.63) is 59.9 Å². The van der Waals surface area contributed by atoms with Crippen LogP contribution in [-0.2, 0) is 7.05 Å². The van der Waals surface area contributed by atoms with Gasteiger partial charge in [-0.05, 0) is 0 Å².